The Morgan fingerprint density at radius 1 is 1.42 bits per heavy atom. The van der Waals surface area contributed by atoms with Gasteiger partial charge in [0, 0.05) is 11.9 Å². The van der Waals surface area contributed by atoms with Crippen molar-refractivity contribution in [2.45, 2.75) is 18.9 Å². The first-order chi connectivity index (χ1) is 11.5. The van der Waals surface area contributed by atoms with Crippen LogP contribution in [0.25, 0.3) is 0 Å². The van der Waals surface area contributed by atoms with Gasteiger partial charge >= 0.3 is 0 Å². The van der Waals surface area contributed by atoms with Crippen molar-refractivity contribution >= 4 is 34.9 Å². The van der Waals surface area contributed by atoms with E-state index >= 15 is 0 Å². The van der Waals surface area contributed by atoms with E-state index in [2.05, 4.69) is 9.98 Å². The molecule has 24 heavy (non-hydrogen) atoms. The molecule has 0 bridgehead atoms. The third-order valence-electron chi connectivity index (χ3n) is 3.89. The Morgan fingerprint density at radius 2 is 2.21 bits per heavy atom. The van der Waals surface area contributed by atoms with Crippen LogP contribution in [0, 0.1) is 0 Å². The first kappa shape index (κ1) is 16.3. The van der Waals surface area contributed by atoms with E-state index in [0.29, 0.717) is 13.2 Å². The van der Waals surface area contributed by atoms with Crippen molar-refractivity contribution in [3.63, 3.8) is 0 Å². The highest BCUT2D eigenvalue weighted by Gasteiger charge is 2.21. The third kappa shape index (κ3) is 3.68. The number of rotatable bonds is 5. The van der Waals surface area contributed by atoms with Gasteiger partial charge in [0.15, 0.2) is 0 Å². The highest BCUT2D eigenvalue weighted by Crippen LogP contribution is 2.26. The van der Waals surface area contributed by atoms with Crippen LogP contribution < -0.4 is 16.4 Å². The summed E-state index contributed by atoms with van der Waals surface area (Å²) >= 11 is 6.03. The SMILES string of the molecule is NC(=O)C1=NC(Cl)=CN(c2ccccc2CCC2COC(N)=N2)C1. The van der Waals surface area contributed by atoms with Gasteiger partial charge in [-0.25, -0.2) is 9.98 Å². The van der Waals surface area contributed by atoms with Gasteiger partial charge in [0.2, 0.25) is 0 Å². The smallest absolute Gasteiger partial charge is 0.282 e. The number of carbonyl (C=O) groups is 1. The molecule has 0 spiro atoms. The van der Waals surface area contributed by atoms with Crippen molar-refractivity contribution in [1.82, 2.24) is 0 Å². The van der Waals surface area contributed by atoms with Crippen LogP contribution in [0.2, 0.25) is 0 Å². The number of halogens is 1. The summed E-state index contributed by atoms with van der Waals surface area (Å²) < 4.78 is 5.18. The maximum absolute atomic E-state index is 11.4. The zero-order valence-corrected chi connectivity index (χ0v) is 13.7. The topological polar surface area (TPSA) is 106 Å². The van der Waals surface area contributed by atoms with Gasteiger partial charge < -0.3 is 21.1 Å². The number of carbonyl (C=O) groups excluding carboxylic acids is 1. The summed E-state index contributed by atoms with van der Waals surface area (Å²) in [6, 6.07) is 8.24. The Morgan fingerprint density at radius 3 is 2.92 bits per heavy atom. The standard InChI is InChI=1S/C16H18ClN5O2/c17-14-8-22(7-12(21-14)15(18)23)13-4-2-1-3-10(13)5-6-11-9-24-16(19)20-11/h1-4,8,11H,5-7,9H2,(H2,18,23)(H2,19,20). The summed E-state index contributed by atoms with van der Waals surface area (Å²) in [5.74, 6) is -0.573. The number of amidine groups is 1. The molecule has 1 aromatic rings. The van der Waals surface area contributed by atoms with Crippen molar-refractivity contribution in [3.05, 3.63) is 41.2 Å². The molecule has 4 N–H and O–H groups in total. The van der Waals surface area contributed by atoms with Gasteiger partial charge in [-0.2, -0.15) is 0 Å². The number of amides is 1. The van der Waals surface area contributed by atoms with Gasteiger partial charge in [0.05, 0.1) is 12.6 Å². The molecule has 2 heterocycles. The highest BCUT2D eigenvalue weighted by molar-refractivity contribution is 6.42. The Bertz CT molecular complexity index is 744. The predicted molar refractivity (Wildman–Crippen MR) is 94.0 cm³/mol. The average Bonchev–Trinajstić information content (AvgIpc) is 2.98. The Labute approximate surface area is 144 Å². The number of primary amides is 1. The molecule has 0 aliphatic carbocycles. The second-order valence-electron chi connectivity index (χ2n) is 5.60. The number of para-hydroxylation sites is 1. The van der Waals surface area contributed by atoms with E-state index in [-0.39, 0.29) is 22.9 Å². The molecule has 0 saturated heterocycles. The molecule has 1 unspecified atom stereocenters. The zero-order valence-electron chi connectivity index (χ0n) is 13.0. The highest BCUT2D eigenvalue weighted by atomic mass is 35.5. The lowest BCUT2D eigenvalue weighted by Gasteiger charge is -2.26. The first-order valence-corrected chi connectivity index (χ1v) is 7.96. The van der Waals surface area contributed by atoms with E-state index in [0.717, 1.165) is 24.1 Å². The van der Waals surface area contributed by atoms with E-state index in [1.807, 2.05) is 29.2 Å². The second-order valence-corrected chi connectivity index (χ2v) is 5.99. The van der Waals surface area contributed by atoms with Crippen molar-refractivity contribution in [2.24, 2.45) is 21.5 Å². The van der Waals surface area contributed by atoms with Crippen LogP contribution in [0.15, 0.2) is 45.6 Å². The lowest BCUT2D eigenvalue weighted by atomic mass is 10.0. The number of hydrogen-bond acceptors (Lipinski definition) is 6. The summed E-state index contributed by atoms with van der Waals surface area (Å²) in [6.45, 7) is 0.808. The van der Waals surface area contributed by atoms with Crippen LogP contribution in [-0.2, 0) is 16.0 Å². The van der Waals surface area contributed by atoms with Crippen LogP contribution in [0.1, 0.15) is 12.0 Å². The maximum atomic E-state index is 11.4. The summed E-state index contributed by atoms with van der Waals surface area (Å²) in [7, 11) is 0. The third-order valence-corrected chi connectivity index (χ3v) is 4.07. The molecule has 2 aliphatic rings. The zero-order chi connectivity index (χ0) is 17.1. The molecule has 8 heteroatoms. The molecule has 0 fully saturated rings. The predicted octanol–water partition coefficient (Wildman–Crippen LogP) is 1.12. The summed E-state index contributed by atoms with van der Waals surface area (Å²) in [4.78, 5) is 21.5. The molecule has 1 amide bonds. The van der Waals surface area contributed by atoms with Crippen molar-refractivity contribution in [2.75, 3.05) is 18.1 Å². The Balaban J connectivity index is 1.77. The fourth-order valence-electron chi connectivity index (χ4n) is 2.72. The number of ether oxygens (including phenoxy) is 1. The van der Waals surface area contributed by atoms with Gasteiger partial charge in [0.25, 0.3) is 11.9 Å². The molecular formula is C16H18ClN5O2. The number of nitrogens with two attached hydrogens (primary N) is 2. The van der Waals surface area contributed by atoms with Gasteiger partial charge in [-0.3, -0.25) is 4.79 Å². The maximum Gasteiger partial charge on any atom is 0.282 e. The number of hydrogen-bond donors (Lipinski definition) is 2. The van der Waals surface area contributed by atoms with Crippen molar-refractivity contribution in [1.29, 1.82) is 0 Å². The first-order valence-electron chi connectivity index (χ1n) is 7.58. The van der Waals surface area contributed by atoms with E-state index in [1.54, 1.807) is 6.20 Å². The molecule has 3 rings (SSSR count). The number of aryl methyl sites for hydroxylation is 1. The van der Waals surface area contributed by atoms with Crippen LogP contribution in [-0.4, -0.2) is 36.8 Å². The lowest BCUT2D eigenvalue weighted by molar-refractivity contribution is -0.112. The number of anilines is 1. The minimum atomic E-state index is -0.573. The molecule has 0 aromatic heterocycles. The summed E-state index contributed by atoms with van der Waals surface area (Å²) in [6.07, 6.45) is 3.31. The number of benzene rings is 1. The normalized spacial score (nSPS) is 20.1. The molecule has 7 nitrogen and oxygen atoms in total. The quantitative estimate of drug-likeness (QED) is 0.778. The minimum Gasteiger partial charge on any atom is -0.463 e. The largest absolute Gasteiger partial charge is 0.463 e. The van der Waals surface area contributed by atoms with Gasteiger partial charge in [-0.15, -0.1) is 0 Å². The second kappa shape index (κ2) is 6.92. The molecule has 126 valence electrons. The van der Waals surface area contributed by atoms with Gasteiger partial charge in [-0.05, 0) is 24.5 Å². The van der Waals surface area contributed by atoms with Crippen LogP contribution in [0.4, 0.5) is 5.69 Å². The fraction of sp³-hybridized carbons (Fsp3) is 0.312. The molecule has 1 atom stereocenters. The van der Waals surface area contributed by atoms with E-state index in [1.165, 1.54) is 0 Å². The average molecular weight is 348 g/mol. The molecule has 0 saturated carbocycles. The van der Waals surface area contributed by atoms with Crippen LogP contribution in [0.3, 0.4) is 0 Å². The fourth-order valence-corrected chi connectivity index (χ4v) is 2.94. The van der Waals surface area contributed by atoms with Crippen molar-refractivity contribution < 1.29 is 9.53 Å². The Hall–Kier alpha value is -2.54. The van der Waals surface area contributed by atoms with Gasteiger partial charge in [0.1, 0.15) is 17.5 Å². The lowest BCUT2D eigenvalue weighted by Crippen LogP contribution is -2.36. The van der Waals surface area contributed by atoms with Crippen LogP contribution >= 0.6 is 11.6 Å². The number of aliphatic imine (C=N–C) groups is 2. The molecular weight excluding hydrogens is 330 g/mol. The monoisotopic (exact) mass is 347 g/mol. The van der Waals surface area contributed by atoms with E-state index < -0.39 is 5.91 Å². The van der Waals surface area contributed by atoms with E-state index in [9.17, 15) is 4.79 Å². The van der Waals surface area contributed by atoms with E-state index in [4.69, 9.17) is 27.8 Å². The number of nitrogens with zero attached hydrogens (tertiary/aromatic N) is 3. The summed E-state index contributed by atoms with van der Waals surface area (Å²) in [5.41, 5.74) is 13.2. The molecule has 2 aliphatic heterocycles. The van der Waals surface area contributed by atoms with Crippen molar-refractivity contribution in [3.8, 4) is 0 Å². The van der Waals surface area contributed by atoms with Crippen LogP contribution in [0.5, 0.6) is 0 Å². The van der Waals surface area contributed by atoms with Gasteiger partial charge in [-0.1, -0.05) is 29.8 Å². The molecule has 0 radical (unpaired) electrons. The Kier molecular flexibility index (Phi) is 4.71. The molecule has 1 aromatic carbocycles. The minimum absolute atomic E-state index is 0.0706. The summed E-state index contributed by atoms with van der Waals surface area (Å²) in [5, 5.41) is 0.228.